The Labute approximate surface area is 101 Å². The summed E-state index contributed by atoms with van der Waals surface area (Å²) in [5, 5.41) is 11.0. The van der Waals surface area contributed by atoms with Gasteiger partial charge in [-0.3, -0.25) is 0 Å². The topological polar surface area (TPSA) is 37.3 Å². The van der Waals surface area contributed by atoms with E-state index < -0.39 is 5.97 Å². The molecule has 15 heavy (non-hydrogen) atoms. The lowest BCUT2D eigenvalue weighted by atomic mass is 10.0. The molecule has 0 saturated heterocycles. The average Bonchev–Trinajstić information content (AvgIpc) is 2.16. The molecule has 76 valence electrons. The van der Waals surface area contributed by atoms with Crippen molar-refractivity contribution < 1.29 is 9.90 Å². The zero-order valence-corrected chi connectivity index (χ0v) is 10.3. The molecule has 0 heterocycles. The summed E-state index contributed by atoms with van der Waals surface area (Å²) in [5.41, 5.74) is 1.39. The van der Waals surface area contributed by atoms with Crippen LogP contribution in [-0.2, 0) is 0 Å². The molecule has 0 fully saturated rings. The number of aryl methyl sites for hydroxylation is 1. The van der Waals surface area contributed by atoms with Gasteiger partial charge in [0.1, 0.15) is 0 Å². The van der Waals surface area contributed by atoms with Crippen LogP contribution < -0.4 is 0 Å². The van der Waals surface area contributed by atoms with Crippen LogP contribution in [-0.4, -0.2) is 11.1 Å². The predicted octanol–water partition coefficient (Wildman–Crippen LogP) is 3.45. The van der Waals surface area contributed by atoms with Gasteiger partial charge in [-0.05, 0) is 58.0 Å². The number of hydrogen-bond acceptors (Lipinski definition) is 1. The lowest BCUT2D eigenvalue weighted by Gasteiger charge is -2.06. The van der Waals surface area contributed by atoms with Gasteiger partial charge in [0.15, 0.2) is 0 Å². The van der Waals surface area contributed by atoms with Gasteiger partial charge in [-0.25, -0.2) is 4.79 Å². The van der Waals surface area contributed by atoms with Crippen LogP contribution in [0.4, 0.5) is 0 Å². The van der Waals surface area contributed by atoms with Crippen LogP contribution in [0.5, 0.6) is 0 Å². The molecule has 0 spiro atoms. The number of carboxylic acid groups (broad SMARTS) is 1. The Balaban J connectivity index is 2.94. The second-order valence-corrected chi connectivity index (χ2v) is 4.68. The number of halogens is 1. The highest BCUT2D eigenvalue weighted by Crippen LogP contribution is 2.25. The maximum absolute atomic E-state index is 11.1. The van der Waals surface area contributed by atoms with E-state index in [1.165, 1.54) is 0 Å². The molecule has 0 aliphatic rings. The highest BCUT2D eigenvalue weighted by molar-refractivity contribution is 14.1. The van der Waals surface area contributed by atoms with Gasteiger partial charge in [-0.15, -0.1) is 0 Å². The summed E-state index contributed by atoms with van der Waals surface area (Å²) < 4.78 is 0.947. The quantitative estimate of drug-likeness (QED) is 0.819. The lowest BCUT2D eigenvalue weighted by Crippen LogP contribution is -1.99. The molecular weight excluding hydrogens is 303 g/mol. The van der Waals surface area contributed by atoms with Gasteiger partial charge in [0, 0.05) is 3.57 Å². The van der Waals surface area contributed by atoms with Gasteiger partial charge in [-0.1, -0.05) is 18.2 Å². The van der Waals surface area contributed by atoms with Crippen LogP contribution >= 0.6 is 22.6 Å². The van der Waals surface area contributed by atoms with Gasteiger partial charge < -0.3 is 5.11 Å². The van der Waals surface area contributed by atoms with Gasteiger partial charge in [0.2, 0.25) is 0 Å². The monoisotopic (exact) mass is 312 g/mol. The van der Waals surface area contributed by atoms with Crippen LogP contribution in [0.25, 0.3) is 10.8 Å². The van der Waals surface area contributed by atoms with Crippen molar-refractivity contribution in [1.82, 2.24) is 0 Å². The molecule has 0 bridgehead atoms. The van der Waals surface area contributed by atoms with Crippen LogP contribution in [0.15, 0.2) is 30.3 Å². The summed E-state index contributed by atoms with van der Waals surface area (Å²) in [7, 11) is 0. The molecule has 2 aromatic carbocycles. The minimum absolute atomic E-state index is 0.384. The summed E-state index contributed by atoms with van der Waals surface area (Å²) in [6, 6.07) is 9.52. The first-order valence-electron chi connectivity index (χ1n) is 4.52. The molecular formula is C12H9IO2. The third-order valence-electron chi connectivity index (χ3n) is 2.38. The molecule has 2 nitrogen and oxygen atoms in total. The van der Waals surface area contributed by atoms with Gasteiger partial charge in [0.05, 0.1) is 5.56 Å². The third-order valence-corrected chi connectivity index (χ3v) is 3.00. The normalized spacial score (nSPS) is 10.5. The maximum atomic E-state index is 11.1. The van der Waals surface area contributed by atoms with E-state index in [2.05, 4.69) is 22.6 Å². The molecule has 1 N–H and O–H groups in total. The summed E-state index contributed by atoms with van der Waals surface area (Å²) in [5.74, 6) is -0.868. The first-order chi connectivity index (χ1) is 7.09. The molecule has 0 aliphatic carbocycles. The third kappa shape index (κ3) is 1.84. The second-order valence-electron chi connectivity index (χ2n) is 3.43. The Bertz CT molecular complexity index is 547. The van der Waals surface area contributed by atoms with Crippen molar-refractivity contribution in [2.75, 3.05) is 0 Å². The number of benzene rings is 2. The Morgan fingerprint density at radius 3 is 2.73 bits per heavy atom. The molecule has 0 aliphatic heterocycles. The van der Waals surface area contributed by atoms with Gasteiger partial charge >= 0.3 is 5.97 Å². The summed E-state index contributed by atoms with van der Waals surface area (Å²) in [6.45, 7) is 1.93. The van der Waals surface area contributed by atoms with Gasteiger partial charge in [-0.2, -0.15) is 0 Å². The number of fused-ring (bicyclic) bond motifs is 1. The second kappa shape index (κ2) is 3.81. The average molecular weight is 312 g/mol. The van der Waals surface area contributed by atoms with E-state index in [9.17, 15) is 4.79 Å². The fourth-order valence-electron chi connectivity index (χ4n) is 1.75. The van der Waals surface area contributed by atoms with Crippen LogP contribution in [0.2, 0.25) is 0 Å². The van der Waals surface area contributed by atoms with Gasteiger partial charge in [0.25, 0.3) is 0 Å². The van der Waals surface area contributed by atoms with Crippen molar-refractivity contribution in [1.29, 1.82) is 0 Å². The maximum Gasteiger partial charge on any atom is 0.336 e. The zero-order chi connectivity index (χ0) is 11.0. The molecule has 3 heteroatoms. The summed E-state index contributed by atoms with van der Waals surface area (Å²) in [6.07, 6.45) is 0. The largest absolute Gasteiger partial charge is 0.478 e. The number of hydrogen-bond donors (Lipinski definition) is 1. The molecule has 0 aromatic heterocycles. The Kier molecular flexibility index (Phi) is 2.65. The molecule has 0 saturated carbocycles. The number of carbonyl (C=O) groups is 1. The Morgan fingerprint density at radius 1 is 1.33 bits per heavy atom. The van der Waals surface area contributed by atoms with E-state index in [1.54, 1.807) is 6.07 Å². The number of rotatable bonds is 1. The summed E-state index contributed by atoms with van der Waals surface area (Å²) >= 11 is 2.14. The van der Waals surface area contributed by atoms with Crippen LogP contribution in [0, 0.1) is 10.5 Å². The highest BCUT2D eigenvalue weighted by Gasteiger charge is 2.11. The lowest BCUT2D eigenvalue weighted by molar-refractivity contribution is 0.0699. The minimum atomic E-state index is -0.868. The van der Waals surface area contributed by atoms with E-state index in [1.807, 2.05) is 31.2 Å². The Hall–Kier alpha value is -1.10. The molecule has 0 radical (unpaired) electrons. The van der Waals surface area contributed by atoms with E-state index in [4.69, 9.17) is 5.11 Å². The highest BCUT2D eigenvalue weighted by atomic mass is 127. The molecule has 0 unspecified atom stereocenters. The van der Waals surface area contributed by atoms with Crippen molar-refractivity contribution in [2.24, 2.45) is 0 Å². The fourth-order valence-corrected chi connectivity index (χ4v) is 2.39. The smallest absolute Gasteiger partial charge is 0.336 e. The van der Waals surface area contributed by atoms with E-state index in [0.29, 0.717) is 5.56 Å². The van der Waals surface area contributed by atoms with E-state index >= 15 is 0 Å². The van der Waals surface area contributed by atoms with Crippen LogP contribution in [0.1, 0.15) is 15.9 Å². The summed E-state index contributed by atoms with van der Waals surface area (Å²) in [4.78, 5) is 11.1. The van der Waals surface area contributed by atoms with Crippen molar-refractivity contribution in [3.63, 3.8) is 0 Å². The first-order valence-corrected chi connectivity index (χ1v) is 5.59. The van der Waals surface area contributed by atoms with E-state index in [0.717, 1.165) is 19.9 Å². The first kappa shape index (κ1) is 10.4. The molecule has 2 rings (SSSR count). The van der Waals surface area contributed by atoms with Crippen LogP contribution in [0.3, 0.4) is 0 Å². The van der Waals surface area contributed by atoms with Crippen molar-refractivity contribution >= 4 is 39.3 Å². The van der Waals surface area contributed by atoms with Crippen molar-refractivity contribution in [2.45, 2.75) is 6.92 Å². The van der Waals surface area contributed by atoms with E-state index in [-0.39, 0.29) is 0 Å². The van der Waals surface area contributed by atoms with Crippen molar-refractivity contribution in [3.05, 3.63) is 45.0 Å². The standard InChI is InChI=1S/C12H9IO2/c1-7-3-2-4-8-5-9(13)6-10(11(7)8)12(14)15/h2-6H,1H3,(H,14,15). The SMILES string of the molecule is Cc1cccc2cc(I)cc(C(=O)O)c12. The molecule has 0 atom stereocenters. The number of aromatic carboxylic acids is 1. The van der Waals surface area contributed by atoms with Crippen molar-refractivity contribution in [3.8, 4) is 0 Å². The zero-order valence-electron chi connectivity index (χ0n) is 8.12. The molecule has 0 amide bonds. The Morgan fingerprint density at radius 2 is 2.07 bits per heavy atom. The minimum Gasteiger partial charge on any atom is -0.478 e. The number of carboxylic acids is 1. The predicted molar refractivity (Wildman–Crippen MR) is 68.4 cm³/mol. The molecule has 2 aromatic rings. The fraction of sp³-hybridized carbons (Fsp3) is 0.0833.